The van der Waals surface area contributed by atoms with Crippen molar-refractivity contribution in [3.05, 3.63) is 53.7 Å². The highest BCUT2D eigenvalue weighted by Gasteiger charge is 2.23. The lowest BCUT2D eigenvalue weighted by atomic mass is 10.2. The molecule has 4 rings (SSSR count). The monoisotopic (exact) mass is 293 g/mol. The molecule has 1 aliphatic rings. The topological polar surface area (TPSA) is 83.6 Å². The Labute approximate surface area is 127 Å². The van der Waals surface area contributed by atoms with Crippen LogP contribution >= 0.6 is 0 Å². The fraction of sp³-hybridized carbons (Fsp3) is 0.250. The zero-order valence-electron chi connectivity index (χ0n) is 11.9. The molecule has 6 heteroatoms. The molecule has 6 nitrogen and oxygen atoms in total. The van der Waals surface area contributed by atoms with Gasteiger partial charge in [-0.15, -0.1) is 0 Å². The molecule has 1 fully saturated rings. The van der Waals surface area contributed by atoms with Crippen molar-refractivity contribution >= 4 is 16.8 Å². The third kappa shape index (κ3) is 2.55. The predicted octanol–water partition coefficient (Wildman–Crippen LogP) is 2.16. The van der Waals surface area contributed by atoms with Crippen molar-refractivity contribution in [2.45, 2.75) is 25.3 Å². The van der Waals surface area contributed by atoms with Gasteiger partial charge in [-0.25, -0.2) is 4.98 Å². The van der Waals surface area contributed by atoms with E-state index in [4.69, 9.17) is 0 Å². The number of aromatic amines is 1. The summed E-state index contributed by atoms with van der Waals surface area (Å²) >= 11 is 0. The summed E-state index contributed by atoms with van der Waals surface area (Å²) in [7, 11) is 0. The molecule has 22 heavy (non-hydrogen) atoms. The quantitative estimate of drug-likeness (QED) is 0.772. The number of hydrogen-bond donors (Lipinski definition) is 2. The molecule has 0 spiro atoms. The lowest BCUT2D eigenvalue weighted by molar-refractivity contribution is 0.0945. The normalized spacial score (nSPS) is 14.2. The summed E-state index contributed by atoms with van der Waals surface area (Å²) in [6.45, 7) is 0.398. The van der Waals surface area contributed by atoms with Crippen LogP contribution in [0, 0.1) is 0 Å². The summed E-state index contributed by atoms with van der Waals surface area (Å²) < 4.78 is 0. The maximum atomic E-state index is 12.1. The Kier molecular flexibility index (Phi) is 3.07. The molecule has 110 valence electrons. The SMILES string of the molecule is O=C(NCc1ccc(C2CC2)cn1)c1cc2cn[nH]c2cn1. The second kappa shape index (κ2) is 5.22. The predicted molar refractivity (Wildman–Crippen MR) is 81.3 cm³/mol. The Bertz CT molecular complexity index is 820. The summed E-state index contributed by atoms with van der Waals surface area (Å²) in [6, 6.07) is 5.79. The number of nitrogens with zero attached hydrogens (tertiary/aromatic N) is 3. The zero-order valence-corrected chi connectivity index (χ0v) is 11.9. The Morgan fingerprint density at radius 1 is 1.23 bits per heavy atom. The van der Waals surface area contributed by atoms with Gasteiger partial charge >= 0.3 is 0 Å². The maximum absolute atomic E-state index is 12.1. The van der Waals surface area contributed by atoms with Gasteiger partial charge in [0.15, 0.2) is 0 Å². The summed E-state index contributed by atoms with van der Waals surface area (Å²) in [5, 5.41) is 10.4. The van der Waals surface area contributed by atoms with Crippen LogP contribution in [0.1, 0.15) is 40.5 Å². The van der Waals surface area contributed by atoms with Crippen LogP contribution < -0.4 is 5.32 Å². The Morgan fingerprint density at radius 3 is 2.91 bits per heavy atom. The first kappa shape index (κ1) is 12.9. The number of pyridine rings is 2. The third-order valence-corrected chi connectivity index (χ3v) is 3.88. The molecule has 1 amide bonds. The number of aromatic nitrogens is 4. The summed E-state index contributed by atoms with van der Waals surface area (Å²) in [6.07, 6.45) is 7.72. The molecule has 0 radical (unpaired) electrons. The van der Waals surface area contributed by atoms with Crippen molar-refractivity contribution < 1.29 is 4.79 Å². The van der Waals surface area contributed by atoms with Crippen LogP contribution in [-0.2, 0) is 6.54 Å². The van der Waals surface area contributed by atoms with Crippen molar-refractivity contribution in [2.24, 2.45) is 0 Å². The standard InChI is InChI=1S/C16H15N5O/c22-16(14-5-12-7-20-21-15(12)9-18-14)19-8-13-4-3-11(6-17-13)10-1-2-10/h3-7,9-10H,1-2,8H2,(H,19,22)(H,20,21). The number of hydrogen-bond acceptors (Lipinski definition) is 4. The molecular formula is C16H15N5O. The highest BCUT2D eigenvalue weighted by molar-refractivity contribution is 5.95. The number of H-pyrrole nitrogens is 1. The van der Waals surface area contributed by atoms with Crippen LogP contribution in [-0.4, -0.2) is 26.1 Å². The molecule has 0 aliphatic heterocycles. The molecular weight excluding hydrogens is 278 g/mol. The van der Waals surface area contributed by atoms with Gasteiger partial charge < -0.3 is 5.32 Å². The van der Waals surface area contributed by atoms with Gasteiger partial charge in [0.1, 0.15) is 5.69 Å². The van der Waals surface area contributed by atoms with Crippen LogP contribution in [0.15, 0.2) is 36.8 Å². The maximum Gasteiger partial charge on any atom is 0.270 e. The number of carbonyl (C=O) groups excluding carboxylic acids is 1. The second-order valence-corrected chi connectivity index (χ2v) is 5.57. The molecule has 3 heterocycles. The number of carbonyl (C=O) groups is 1. The lowest BCUT2D eigenvalue weighted by Gasteiger charge is -2.05. The van der Waals surface area contributed by atoms with E-state index in [0.717, 1.165) is 16.6 Å². The largest absolute Gasteiger partial charge is 0.345 e. The molecule has 3 aromatic rings. The minimum Gasteiger partial charge on any atom is -0.345 e. The Morgan fingerprint density at radius 2 is 2.14 bits per heavy atom. The zero-order chi connectivity index (χ0) is 14.9. The molecule has 2 N–H and O–H groups in total. The van der Waals surface area contributed by atoms with Gasteiger partial charge in [0.05, 0.1) is 30.1 Å². The van der Waals surface area contributed by atoms with Gasteiger partial charge in [-0.05, 0) is 36.5 Å². The van der Waals surface area contributed by atoms with Gasteiger partial charge in [0, 0.05) is 11.6 Å². The van der Waals surface area contributed by atoms with E-state index in [1.807, 2.05) is 12.3 Å². The van der Waals surface area contributed by atoms with E-state index in [0.29, 0.717) is 18.2 Å². The first-order valence-corrected chi connectivity index (χ1v) is 7.32. The van der Waals surface area contributed by atoms with Gasteiger partial charge in [0.2, 0.25) is 0 Å². The van der Waals surface area contributed by atoms with Crippen LogP contribution in [0.25, 0.3) is 10.9 Å². The highest BCUT2D eigenvalue weighted by atomic mass is 16.1. The van der Waals surface area contributed by atoms with Crippen LogP contribution in [0.2, 0.25) is 0 Å². The van der Waals surface area contributed by atoms with E-state index in [2.05, 4.69) is 31.5 Å². The molecule has 0 saturated heterocycles. The minimum atomic E-state index is -0.212. The van der Waals surface area contributed by atoms with E-state index in [1.54, 1.807) is 18.5 Å². The van der Waals surface area contributed by atoms with E-state index in [9.17, 15) is 4.79 Å². The van der Waals surface area contributed by atoms with Gasteiger partial charge in [0.25, 0.3) is 5.91 Å². The number of amides is 1. The Balaban J connectivity index is 1.42. The van der Waals surface area contributed by atoms with E-state index < -0.39 is 0 Å². The van der Waals surface area contributed by atoms with Gasteiger partial charge in [-0.1, -0.05) is 6.07 Å². The van der Waals surface area contributed by atoms with Crippen molar-refractivity contribution in [1.82, 2.24) is 25.5 Å². The first-order chi connectivity index (χ1) is 10.8. The molecule has 1 saturated carbocycles. The third-order valence-electron chi connectivity index (χ3n) is 3.88. The highest BCUT2D eigenvalue weighted by Crippen LogP contribution is 2.39. The summed E-state index contributed by atoms with van der Waals surface area (Å²) in [4.78, 5) is 20.7. The average molecular weight is 293 g/mol. The minimum absolute atomic E-state index is 0.212. The molecule has 3 aromatic heterocycles. The van der Waals surface area contributed by atoms with E-state index in [-0.39, 0.29) is 5.91 Å². The smallest absolute Gasteiger partial charge is 0.270 e. The van der Waals surface area contributed by atoms with E-state index >= 15 is 0 Å². The molecule has 0 aromatic carbocycles. The van der Waals surface area contributed by atoms with E-state index in [1.165, 1.54) is 18.4 Å². The molecule has 0 unspecified atom stereocenters. The van der Waals surface area contributed by atoms with Crippen LogP contribution in [0.4, 0.5) is 0 Å². The van der Waals surface area contributed by atoms with Crippen LogP contribution in [0.3, 0.4) is 0 Å². The number of nitrogens with one attached hydrogen (secondary N) is 2. The van der Waals surface area contributed by atoms with Crippen molar-refractivity contribution in [3.8, 4) is 0 Å². The van der Waals surface area contributed by atoms with Gasteiger partial charge in [-0.3, -0.25) is 14.9 Å². The summed E-state index contributed by atoms with van der Waals surface area (Å²) in [5.41, 5.74) is 3.33. The van der Waals surface area contributed by atoms with Crippen molar-refractivity contribution in [3.63, 3.8) is 0 Å². The lowest BCUT2D eigenvalue weighted by Crippen LogP contribution is -2.24. The molecule has 0 bridgehead atoms. The van der Waals surface area contributed by atoms with Crippen LogP contribution in [0.5, 0.6) is 0 Å². The second-order valence-electron chi connectivity index (χ2n) is 5.57. The van der Waals surface area contributed by atoms with Crippen molar-refractivity contribution in [1.29, 1.82) is 0 Å². The average Bonchev–Trinajstić information content (AvgIpc) is 3.30. The fourth-order valence-electron chi connectivity index (χ4n) is 2.43. The number of fused-ring (bicyclic) bond motifs is 1. The molecule has 1 aliphatic carbocycles. The number of rotatable bonds is 4. The first-order valence-electron chi connectivity index (χ1n) is 7.32. The van der Waals surface area contributed by atoms with Crippen molar-refractivity contribution in [2.75, 3.05) is 0 Å². The van der Waals surface area contributed by atoms with Gasteiger partial charge in [-0.2, -0.15) is 5.10 Å². The Hall–Kier alpha value is -2.76. The fourth-order valence-corrected chi connectivity index (χ4v) is 2.43. The molecule has 0 atom stereocenters. The summed E-state index contributed by atoms with van der Waals surface area (Å²) in [5.74, 6) is 0.484.